The second-order valence-corrected chi connectivity index (χ2v) is 12.0. The number of aromatic hydroxyl groups is 1. The number of aliphatic carboxylic acids is 1. The predicted molar refractivity (Wildman–Crippen MR) is 136 cm³/mol. The molecule has 0 radical (unpaired) electrons. The van der Waals surface area contributed by atoms with E-state index in [0.717, 1.165) is 17.0 Å². The SMILES string of the molecule is CN1C(=O)[C@]2(Cl)C[C@@H]3C(=CC[C@@H]4C(=O)N(CCCCCC(=O)O)C(=O)[C@@H]43)[C@H](c3ccc(O)c(F)c3)[C@]2(Cl)C1=O. The molecule has 0 spiro atoms. The van der Waals surface area contributed by atoms with Crippen molar-refractivity contribution >= 4 is 52.8 Å². The van der Waals surface area contributed by atoms with Crippen molar-refractivity contribution in [3.05, 3.63) is 41.2 Å². The van der Waals surface area contributed by atoms with Gasteiger partial charge in [0.2, 0.25) is 11.8 Å². The van der Waals surface area contributed by atoms with Crippen LogP contribution in [0.15, 0.2) is 29.8 Å². The molecule has 1 aromatic carbocycles. The monoisotopic (exact) mass is 580 g/mol. The number of hydrogen-bond acceptors (Lipinski definition) is 6. The summed E-state index contributed by atoms with van der Waals surface area (Å²) in [6.45, 7) is 0.143. The summed E-state index contributed by atoms with van der Waals surface area (Å²) >= 11 is 14.0. The third-order valence-corrected chi connectivity index (χ3v) is 10.1. The number of carboxylic acids is 1. The fraction of sp³-hybridized carbons (Fsp3) is 0.519. The van der Waals surface area contributed by atoms with Crippen molar-refractivity contribution in [1.29, 1.82) is 0 Å². The van der Waals surface area contributed by atoms with Crippen LogP contribution < -0.4 is 0 Å². The van der Waals surface area contributed by atoms with Crippen LogP contribution in [0, 0.1) is 23.6 Å². The molecule has 39 heavy (non-hydrogen) atoms. The molecule has 9 nitrogen and oxygen atoms in total. The van der Waals surface area contributed by atoms with E-state index in [0.29, 0.717) is 24.8 Å². The van der Waals surface area contributed by atoms with Gasteiger partial charge in [0, 0.05) is 25.9 Å². The van der Waals surface area contributed by atoms with Gasteiger partial charge in [0.15, 0.2) is 21.3 Å². The molecule has 2 N–H and O–H groups in total. The number of imide groups is 2. The summed E-state index contributed by atoms with van der Waals surface area (Å²) in [5.74, 6) is -8.05. The van der Waals surface area contributed by atoms with E-state index >= 15 is 0 Å². The maximum Gasteiger partial charge on any atom is 0.303 e. The minimum absolute atomic E-state index is 0.000909. The summed E-state index contributed by atoms with van der Waals surface area (Å²) < 4.78 is 14.5. The second-order valence-electron chi connectivity index (χ2n) is 10.7. The lowest BCUT2D eigenvalue weighted by molar-refractivity contribution is -0.141. The first-order valence-electron chi connectivity index (χ1n) is 12.8. The summed E-state index contributed by atoms with van der Waals surface area (Å²) in [7, 11) is 1.27. The van der Waals surface area contributed by atoms with Crippen molar-refractivity contribution in [2.24, 2.45) is 17.8 Å². The van der Waals surface area contributed by atoms with E-state index < -0.39 is 68.7 Å². The van der Waals surface area contributed by atoms with E-state index in [9.17, 15) is 33.5 Å². The highest BCUT2D eigenvalue weighted by Crippen LogP contribution is 2.65. The predicted octanol–water partition coefficient (Wildman–Crippen LogP) is 3.16. The van der Waals surface area contributed by atoms with Crippen molar-refractivity contribution in [3.63, 3.8) is 0 Å². The zero-order chi connectivity index (χ0) is 28.4. The highest BCUT2D eigenvalue weighted by atomic mass is 35.5. The molecule has 5 rings (SSSR count). The molecule has 2 aliphatic heterocycles. The van der Waals surface area contributed by atoms with Crippen LogP contribution in [0.3, 0.4) is 0 Å². The number of phenolic OH excluding ortho intramolecular Hbond substituents is 1. The van der Waals surface area contributed by atoms with E-state index in [2.05, 4.69) is 0 Å². The average molecular weight is 581 g/mol. The Labute approximate surface area is 233 Å². The highest BCUT2D eigenvalue weighted by molar-refractivity contribution is 6.53. The number of hydrogen-bond donors (Lipinski definition) is 2. The molecule has 4 amide bonds. The highest BCUT2D eigenvalue weighted by Gasteiger charge is 2.75. The number of likely N-dealkylation sites (tertiary alicyclic amines) is 2. The smallest absolute Gasteiger partial charge is 0.303 e. The van der Waals surface area contributed by atoms with Crippen molar-refractivity contribution in [2.45, 2.75) is 54.2 Å². The second kappa shape index (κ2) is 9.59. The normalized spacial score (nSPS) is 33.7. The van der Waals surface area contributed by atoms with Crippen LogP contribution in [0.1, 0.15) is 50.0 Å². The first kappa shape index (κ1) is 27.6. The maximum absolute atomic E-state index is 14.5. The number of carbonyl (C=O) groups is 5. The Morgan fingerprint density at radius 2 is 1.79 bits per heavy atom. The quantitative estimate of drug-likeness (QED) is 0.219. The van der Waals surface area contributed by atoms with Crippen LogP contribution in [0.25, 0.3) is 0 Å². The number of amides is 4. The van der Waals surface area contributed by atoms with Crippen LogP contribution in [0.2, 0.25) is 0 Å². The van der Waals surface area contributed by atoms with Gasteiger partial charge in [-0.1, -0.05) is 24.1 Å². The lowest BCUT2D eigenvalue weighted by Crippen LogP contribution is -2.60. The van der Waals surface area contributed by atoms with E-state index in [1.165, 1.54) is 18.0 Å². The topological polar surface area (TPSA) is 132 Å². The summed E-state index contributed by atoms with van der Waals surface area (Å²) in [5, 5.41) is 18.6. The molecule has 1 saturated carbocycles. The number of allylic oxidation sites excluding steroid dienone is 2. The molecule has 4 aliphatic rings. The van der Waals surface area contributed by atoms with Crippen LogP contribution in [-0.4, -0.2) is 73.0 Å². The average Bonchev–Trinajstić information content (AvgIpc) is 3.20. The van der Waals surface area contributed by atoms with E-state index in [-0.39, 0.29) is 37.3 Å². The summed E-state index contributed by atoms with van der Waals surface area (Å²) in [6, 6.07) is 3.57. The van der Waals surface area contributed by atoms with Crippen molar-refractivity contribution < 1.29 is 38.6 Å². The molecule has 2 saturated heterocycles. The largest absolute Gasteiger partial charge is 0.505 e. The van der Waals surface area contributed by atoms with Crippen LogP contribution in [0.4, 0.5) is 4.39 Å². The Morgan fingerprint density at radius 1 is 1.08 bits per heavy atom. The molecule has 208 valence electrons. The number of halogens is 3. The van der Waals surface area contributed by atoms with Gasteiger partial charge < -0.3 is 10.2 Å². The van der Waals surface area contributed by atoms with E-state index in [4.69, 9.17) is 28.3 Å². The molecule has 2 aliphatic carbocycles. The molecular weight excluding hydrogens is 554 g/mol. The van der Waals surface area contributed by atoms with E-state index in [1.807, 2.05) is 0 Å². The summed E-state index contributed by atoms with van der Waals surface area (Å²) in [5.41, 5.74) is 0.747. The van der Waals surface area contributed by atoms with Gasteiger partial charge in [0.1, 0.15) is 0 Å². The lowest BCUT2D eigenvalue weighted by atomic mass is 9.56. The lowest BCUT2D eigenvalue weighted by Gasteiger charge is -2.50. The van der Waals surface area contributed by atoms with Crippen LogP contribution in [0.5, 0.6) is 5.75 Å². The number of rotatable bonds is 7. The van der Waals surface area contributed by atoms with E-state index in [1.54, 1.807) is 6.08 Å². The first-order chi connectivity index (χ1) is 18.3. The number of carboxylic acid groups (broad SMARTS) is 1. The fourth-order valence-electron chi connectivity index (χ4n) is 6.83. The molecule has 0 bridgehead atoms. The molecule has 1 aromatic rings. The number of benzene rings is 1. The van der Waals surface area contributed by atoms with Gasteiger partial charge in [0.05, 0.1) is 11.8 Å². The Balaban J connectivity index is 1.53. The molecule has 6 atom stereocenters. The van der Waals surface area contributed by atoms with Crippen LogP contribution >= 0.6 is 23.2 Å². The molecule has 0 unspecified atom stereocenters. The number of nitrogens with zero attached hydrogens (tertiary/aromatic N) is 2. The molecule has 3 fully saturated rings. The van der Waals surface area contributed by atoms with Gasteiger partial charge in [-0.05, 0) is 49.3 Å². The number of carbonyl (C=O) groups excluding carboxylic acids is 4. The van der Waals surface area contributed by atoms with Gasteiger partial charge in [-0.3, -0.25) is 33.8 Å². The third-order valence-electron chi connectivity index (χ3n) is 8.68. The molecule has 0 aromatic heterocycles. The molecule has 12 heteroatoms. The van der Waals surface area contributed by atoms with Crippen LogP contribution in [-0.2, 0) is 24.0 Å². The zero-order valence-electron chi connectivity index (χ0n) is 21.0. The Hall–Kier alpha value is -2.98. The van der Waals surface area contributed by atoms with Gasteiger partial charge in [-0.25, -0.2) is 4.39 Å². The van der Waals surface area contributed by atoms with Gasteiger partial charge in [0.25, 0.3) is 11.8 Å². The Morgan fingerprint density at radius 3 is 2.46 bits per heavy atom. The minimum Gasteiger partial charge on any atom is -0.505 e. The van der Waals surface area contributed by atoms with Crippen molar-refractivity contribution in [3.8, 4) is 5.75 Å². The van der Waals surface area contributed by atoms with Gasteiger partial charge in [-0.2, -0.15) is 0 Å². The molecule has 2 heterocycles. The van der Waals surface area contributed by atoms with Crippen molar-refractivity contribution in [2.75, 3.05) is 13.6 Å². The molecular formula is C27H27Cl2FN2O7. The number of alkyl halides is 2. The number of fused-ring (bicyclic) bond motifs is 4. The zero-order valence-corrected chi connectivity index (χ0v) is 22.5. The Bertz CT molecular complexity index is 1330. The van der Waals surface area contributed by atoms with Gasteiger partial charge >= 0.3 is 5.97 Å². The van der Waals surface area contributed by atoms with Crippen molar-refractivity contribution in [1.82, 2.24) is 9.80 Å². The fourth-order valence-corrected chi connectivity index (χ4v) is 7.85. The number of unbranched alkanes of at least 4 members (excludes halogenated alkanes) is 2. The summed E-state index contributed by atoms with van der Waals surface area (Å²) in [6.07, 6.45) is 3.18. The number of phenols is 1. The third kappa shape index (κ3) is 3.89. The summed E-state index contributed by atoms with van der Waals surface area (Å²) in [4.78, 5) is 62.6. The standard InChI is InChI=1S/C27H27Cl2FN2O7/c1-31-24(38)26(28)12-16-14(21(27(26,29)25(31)39)13-6-9-18(33)17(30)11-13)7-8-15-20(16)23(37)32(22(15)36)10-4-2-3-5-19(34)35/h6-7,9,11,15-16,20-21,33H,2-5,8,10,12H2,1H3,(H,34,35)/t15-,16+,20-,21-,26+,27-/m0/s1. The Kier molecular flexibility index (Phi) is 6.78. The maximum atomic E-state index is 14.5. The van der Waals surface area contributed by atoms with Gasteiger partial charge in [-0.15, -0.1) is 23.2 Å². The first-order valence-corrected chi connectivity index (χ1v) is 13.6. The minimum atomic E-state index is -2.02.